The molecule has 0 aliphatic heterocycles. The molecule has 27 heavy (non-hydrogen) atoms. The summed E-state index contributed by atoms with van der Waals surface area (Å²) in [4.78, 5) is 15.8. The highest BCUT2D eigenvalue weighted by Crippen LogP contribution is 2.19. The maximum Gasteiger partial charge on any atom is 0.241 e. The van der Waals surface area contributed by atoms with Crippen molar-refractivity contribution < 1.29 is 13.2 Å². The van der Waals surface area contributed by atoms with E-state index < -0.39 is 16.1 Å². The first-order valence-corrected chi connectivity index (χ1v) is 12.4. The minimum atomic E-state index is -3.76. The highest BCUT2D eigenvalue weighted by Gasteiger charge is 2.28. The van der Waals surface area contributed by atoms with Gasteiger partial charge in [0, 0.05) is 11.9 Å². The molecule has 0 aliphatic carbocycles. The van der Waals surface area contributed by atoms with Gasteiger partial charge >= 0.3 is 0 Å². The zero-order valence-electron chi connectivity index (χ0n) is 16.1. The lowest BCUT2D eigenvalue weighted by Crippen LogP contribution is -2.47. The normalized spacial score (nSPS) is 12.7. The number of thiophene rings is 1. The Labute approximate surface area is 170 Å². The summed E-state index contributed by atoms with van der Waals surface area (Å²) in [7, 11) is -2.04. The van der Waals surface area contributed by atoms with Crippen LogP contribution in [0, 0.1) is 13.8 Å². The van der Waals surface area contributed by atoms with Crippen LogP contribution in [0.15, 0.2) is 40.6 Å². The van der Waals surface area contributed by atoms with Crippen molar-refractivity contribution in [2.75, 3.05) is 19.1 Å². The number of thioether (sulfide) groups is 1. The molecule has 1 unspecified atom stereocenters. The van der Waals surface area contributed by atoms with Gasteiger partial charge in [-0.25, -0.2) is 8.42 Å². The van der Waals surface area contributed by atoms with Gasteiger partial charge in [0.25, 0.3) is 0 Å². The number of hydrogen-bond acceptors (Lipinski definition) is 5. The van der Waals surface area contributed by atoms with Crippen molar-refractivity contribution in [3.63, 3.8) is 0 Å². The lowest BCUT2D eigenvalue weighted by atomic mass is 10.2. The molecule has 5 nitrogen and oxygen atoms in total. The molecule has 0 saturated carbocycles. The summed E-state index contributed by atoms with van der Waals surface area (Å²) in [6.45, 7) is 4.38. The Kier molecular flexibility index (Phi) is 7.91. The Bertz CT molecular complexity index is 861. The van der Waals surface area contributed by atoms with E-state index in [9.17, 15) is 13.2 Å². The van der Waals surface area contributed by atoms with E-state index in [1.54, 1.807) is 59.3 Å². The standard InChI is InChI=1S/C19H26N2O3S3/c1-14-5-7-16(8-6-14)27(23,24)20-17(10-11-25-4)19(22)21(3)13-18-15(2)9-12-26-18/h5-9,12,17,20H,10-11,13H2,1-4H3. The van der Waals surface area contributed by atoms with E-state index in [0.29, 0.717) is 18.7 Å². The van der Waals surface area contributed by atoms with Crippen LogP contribution in [0.4, 0.5) is 0 Å². The Morgan fingerprint density at radius 2 is 1.89 bits per heavy atom. The minimum Gasteiger partial charge on any atom is -0.339 e. The van der Waals surface area contributed by atoms with Gasteiger partial charge in [-0.3, -0.25) is 4.79 Å². The van der Waals surface area contributed by atoms with E-state index in [-0.39, 0.29) is 10.8 Å². The molecule has 1 heterocycles. The smallest absolute Gasteiger partial charge is 0.241 e. The number of nitrogens with zero attached hydrogens (tertiary/aromatic N) is 1. The van der Waals surface area contributed by atoms with Gasteiger partial charge in [0.2, 0.25) is 15.9 Å². The van der Waals surface area contributed by atoms with Crippen LogP contribution in [-0.2, 0) is 21.4 Å². The van der Waals surface area contributed by atoms with Gasteiger partial charge in [-0.15, -0.1) is 11.3 Å². The molecule has 0 aliphatic rings. The predicted octanol–water partition coefficient (Wildman–Crippen LogP) is 3.42. The highest BCUT2D eigenvalue weighted by molar-refractivity contribution is 7.98. The average Bonchev–Trinajstić information content (AvgIpc) is 3.03. The van der Waals surface area contributed by atoms with Gasteiger partial charge in [-0.2, -0.15) is 16.5 Å². The van der Waals surface area contributed by atoms with Crippen molar-refractivity contribution in [3.05, 3.63) is 51.7 Å². The van der Waals surface area contributed by atoms with Crippen molar-refractivity contribution in [2.45, 2.75) is 37.8 Å². The molecule has 1 atom stereocenters. The van der Waals surface area contributed by atoms with Gasteiger partial charge < -0.3 is 4.90 Å². The van der Waals surface area contributed by atoms with Crippen molar-refractivity contribution in [1.82, 2.24) is 9.62 Å². The number of carbonyl (C=O) groups is 1. The third-order valence-corrected chi connectivity index (χ3v) is 7.40. The van der Waals surface area contributed by atoms with Crippen molar-refractivity contribution >= 4 is 39.0 Å². The van der Waals surface area contributed by atoms with Crippen LogP contribution in [0.2, 0.25) is 0 Å². The fourth-order valence-electron chi connectivity index (χ4n) is 2.57. The van der Waals surface area contributed by atoms with E-state index in [1.165, 1.54) is 0 Å². The van der Waals surface area contributed by atoms with Crippen molar-refractivity contribution in [3.8, 4) is 0 Å². The summed E-state index contributed by atoms with van der Waals surface area (Å²) >= 11 is 3.19. The van der Waals surface area contributed by atoms with Gasteiger partial charge in [0.05, 0.1) is 11.4 Å². The number of nitrogens with one attached hydrogen (secondary N) is 1. The third kappa shape index (κ3) is 6.07. The number of benzene rings is 1. The lowest BCUT2D eigenvalue weighted by molar-refractivity contribution is -0.132. The number of hydrogen-bond donors (Lipinski definition) is 1. The number of aryl methyl sites for hydroxylation is 2. The maximum absolute atomic E-state index is 12.9. The summed E-state index contributed by atoms with van der Waals surface area (Å²) in [5.41, 5.74) is 2.12. The topological polar surface area (TPSA) is 66.5 Å². The summed E-state index contributed by atoms with van der Waals surface area (Å²) in [6.07, 6.45) is 2.38. The van der Waals surface area contributed by atoms with Gasteiger partial charge in [0.15, 0.2) is 0 Å². The fourth-order valence-corrected chi connectivity index (χ4v) is 5.22. The Balaban J connectivity index is 2.16. The second kappa shape index (κ2) is 9.73. The van der Waals surface area contributed by atoms with Gasteiger partial charge in [0.1, 0.15) is 6.04 Å². The summed E-state index contributed by atoms with van der Waals surface area (Å²) < 4.78 is 28.1. The Morgan fingerprint density at radius 1 is 1.22 bits per heavy atom. The van der Waals surface area contributed by atoms with Crippen LogP contribution in [0.1, 0.15) is 22.4 Å². The molecule has 1 aromatic carbocycles. The number of likely N-dealkylation sites (N-methyl/N-ethyl adjacent to an activating group) is 1. The molecule has 1 aromatic heterocycles. The van der Waals surface area contributed by atoms with Crippen LogP contribution < -0.4 is 4.72 Å². The Morgan fingerprint density at radius 3 is 2.44 bits per heavy atom. The third-order valence-electron chi connectivity index (χ3n) is 4.26. The summed E-state index contributed by atoms with van der Waals surface area (Å²) in [5.74, 6) is 0.478. The molecule has 0 saturated heterocycles. The summed E-state index contributed by atoms with van der Waals surface area (Å²) in [5, 5.41) is 1.99. The molecule has 2 rings (SSSR count). The first-order chi connectivity index (χ1) is 12.7. The number of sulfonamides is 1. The van der Waals surface area contributed by atoms with Crippen molar-refractivity contribution in [2.24, 2.45) is 0 Å². The van der Waals surface area contributed by atoms with Crippen molar-refractivity contribution in [1.29, 1.82) is 0 Å². The van der Waals surface area contributed by atoms with E-state index in [0.717, 1.165) is 16.0 Å². The van der Waals surface area contributed by atoms with E-state index in [4.69, 9.17) is 0 Å². The quantitative estimate of drug-likeness (QED) is 0.667. The van der Waals surface area contributed by atoms with Crippen LogP contribution in [0.5, 0.6) is 0 Å². The van der Waals surface area contributed by atoms with E-state index >= 15 is 0 Å². The molecule has 8 heteroatoms. The van der Waals surface area contributed by atoms with E-state index in [1.807, 2.05) is 31.5 Å². The Hall–Kier alpha value is -1.35. The SMILES string of the molecule is CSCCC(NS(=O)(=O)c1ccc(C)cc1)C(=O)N(C)Cc1sccc1C. The molecule has 0 fully saturated rings. The zero-order chi connectivity index (χ0) is 20.0. The van der Waals surface area contributed by atoms with Gasteiger partial charge in [-0.05, 0) is 61.4 Å². The second-order valence-electron chi connectivity index (χ2n) is 6.49. The first-order valence-electron chi connectivity index (χ1n) is 8.60. The number of amides is 1. The molecule has 0 radical (unpaired) electrons. The number of carbonyl (C=O) groups excluding carboxylic acids is 1. The molecule has 2 aromatic rings. The first kappa shape index (κ1) is 21.9. The lowest BCUT2D eigenvalue weighted by Gasteiger charge is -2.24. The molecular weight excluding hydrogens is 400 g/mol. The molecule has 0 spiro atoms. The van der Waals surface area contributed by atoms with Crippen LogP contribution in [0.25, 0.3) is 0 Å². The molecular formula is C19H26N2O3S3. The molecule has 148 valence electrons. The zero-order valence-corrected chi connectivity index (χ0v) is 18.5. The maximum atomic E-state index is 12.9. The molecule has 1 amide bonds. The second-order valence-corrected chi connectivity index (χ2v) is 10.2. The monoisotopic (exact) mass is 426 g/mol. The molecule has 0 bridgehead atoms. The van der Waals surface area contributed by atoms with Crippen LogP contribution >= 0.6 is 23.1 Å². The number of rotatable bonds is 9. The van der Waals surface area contributed by atoms with E-state index in [2.05, 4.69) is 4.72 Å². The molecule has 1 N–H and O–H groups in total. The summed E-state index contributed by atoms with van der Waals surface area (Å²) in [6, 6.07) is 7.86. The predicted molar refractivity (Wildman–Crippen MR) is 114 cm³/mol. The van der Waals surface area contributed by atoms with Crippen LogP contribution in [0.3, 0.4) is 0 Å². The minimum absolute atomic E-state index is 0.173. The fraction of sp³-hybridized carbons (Fsp3) is 0.421. The largest absolute Gasteiger partial charge is 0.339 e. The average molecular weight is 427 g/mol. The van der Waals surface area contributed by atoms with Crippen LogP contribution in [-0.4, -0.2) is 44.3 Å². The highest BCUT2D eigenvalue weighted by atomic mass is 32.2. The van der Waals surface area contributed by atoms with Gasteiger partial charge in [-0.1, -0.05) is 17.7 Å².